The summed E-state index contributed by atoms with van der Waals surface area (Å²) >= 11 is 0. The van der Waals surface area contributed by atoms with E-state index >= 15 is 0 Å². The van der Waals surface area contributed by atoms with Crippen LogP contribution in [0.15, 0.2) is 23.1 Å². The fraction of sp³-hybridized carbons (Fsp3) is 0.438. The second-order valence-electron chi connectivity index (χ2n) is 6.16. The standard InChI is InChI=1S/C16H22N4O2S/c1-11-15(12(2)18-17-11)10-20-8-7-13-5-6-14(9-16(13)20)23(21,22)19(3)4/h5-6,9H,7-8,10H2,1-4H3,(H,17,18). The molecule has 23 heavy (non-hydrogen) atoms. The Hall–Kier alpha value is -1.86. The van der Waals surface area contributed by atoms with Crippen LogP contribution in [0, 0.1) is 13.8 Å². The molecule has 0 spiro atoms. The van der Waals surface area contributed by atoms with Crippen molar-refractivity contribution in [2.24, 2.45) is 0 Å². The zero-order chi connectivity index (χ0) is 16.8. The van der Waals surface area contributed by atoms with Crippen LogP contribution in [-0.4, -0.2) is 43.6 Å². The molecule has 0 atom stereocenters. The molecule has 1 aromatic carbocycles. The van der Waals surface area contributed by atoms with E-state index in [0.29, 0.717) is 4.90 Å². The summed E-state index contributed by atoms with van der Waals surface area (Å²) in [6, 6.07) is 5.43. The normalized spacial score (nSPS) is 14.6. The van der Waals surface area contributed by atoms with Crippen molar-refractivity contribution in [3.8, 4) is 0 Å². The second kappa shape index (κ2) is 5.65. The quantitative estimate of drug-likeness (QED) is 0.926. The number of nitrogens with one attached hydrogen (secondary N) is 1. The molecule has 1 aliphatic rings. The molecule has 3 rings (SSSR count). The van der Waals surface area contributed by atoms with Gasteiger partial charge >= 0.3 is 0 Å². The van der Waals surface area contributed by atoms with E-state index in [0.717, 1.165) is 36.6 Å². The van der Waals surface area contributed by atoms with Crippen LogP contribution < -0.4 is 4.90 Å². The maximum absolute atomic E-state index is 12.4. The molecule has 0 amide bonds. The lowest BCUT2D eigenvalue weighted by atomic mass is 10.1. The van der Waals surface area contributed by atoms with Gasteiger partial charge in [0.1, 0.15) is 0 Å². The van der Waals surface area contributed by atoms with Crippen LogP contribution in [0.4, 0.5) is 5.69 Å². The van der Waals surface area contributed by atoms with Gasteiger partial charge in [0.2, 0.25) is 10.0 Å². The minimum Gasteiger partial charge on any atom is -0.366 e. The van der Waals surface area contributed by atoms with Crippen molar-refractivity contribution in [2.45, 2.75) is 31.7 Å². The summed E-state index contributed by atoms with van der Waals surface area (Å²) in [6.45, 7) is 5.64. The summed E-state index contributed by atoms with van der Waals surface area (Å²) in [4.78, 5) is 2.57. The first-order chi connectivity index (χ1) is 10.8. The predicted octanol–water partition coefficient (Wildman–Crippen LogP) is 1.84. The van der Waals surface area contributed by atoms with Crippen LogP contribution >= 0.6 is 0 Å². The highest BCUT2D eigenvalue weighted by atomic mass is 32.2. The van der Waals surface area contributed by atoms with Crippen molar-refractivity contribution >= 4 is 15.7 Å². The van der Waals surface area contributed by atoms with Gasteiger partial charge in [0.15, 0.2) is 0 Å². The number of H-pyrrole nitrogens is 1. The maximum Gasteiger partial charge on any atom is 0.242 e. The predicted molar refractivity (Wildman–Crippen MR) is 90.1 cm³/mol. The lowest BCUT2D eigenvalue weighted by Crippen LogP contribution is -2.23. The molecular formula is C16H22N4O2S. The topological polar surface area (TPSA) is 69.3 Å². The summed E-state index contributed by atoms with van der Waals surface area (Å²) < 4.78 is 26.0. The fourth-order valence-corrected chi connectivity index (χ4v) is 3.88. The molecule has 0 saturated heterocycles. The first-order valence-electron chi connectivity index (χ1n) is 7.61. The third-order valence-electron chi connectivity index (χ3n) is 4.46. The highest BCUT2D eigenvalue weighted by Gasteiger charge is 2.25. The highest BCUT2D eigenvalue weighted by molar-refractivity contribution is 7.89. The van der Waals surface area contributed by atoms with Crippen LogP contribution in [0.2, 0.25) is 0 Å². The molecule has 0 saturated carbocycles. The number of anilines is 1. The lowest BCUT2D eigenvalue weighted by Gasteiger charge is -2.21. The van der Waals surface area contributed by atoms with E-state index in [4.69, 9.17) is 0 Å². The van der Waals surface area contributed by atoms with E-state index in [1.165, 1.54) is 15.4 Å². The molecule has 7 heteroatoms. The Labute approximate surface area is 137 Å². The monoisotopic (exact) mass is 334 g/mol. The summed E-state index contributed by atoms with van der Waals surface area (Å²) in [5, 5.41) is 7.25. The van der Waals surface area contributed by atoms with Gasteiger partial charge in [-0.3, -0.25) is 5.10 Å². The average Bonchev–Trinajstić information content (AvgIpc) is 3.05. The van der Waals surface area contributed by atoms with E-state index in [1.54, 1.807) is 26.2 Å². The average molecular weight is 334 g/mol. The molecule has 124 valence electrons. The van der Waals surface area contributed by atoms with Crippen molar-refractivity contribution in [1.82, 2.24) is 14.5 Å². The molecule has 2 aromatic rings. The molecule has 6 nitrogen and oxygen atoms in total. The van der Waals surface area contributed by atoms with E-state index in [2.05, 4.69) is 15.1 Å². The van der Waals surface area contributed by atoms with Gasteiger partial charge in [-0.15, -0.1) is 0 Å². The molecule has 2 heterocycles. The van der Waals surface area contributed by atoms with Gasteiger partial charge in [0.25, 0.3) is 0 Å². The zero-order valence-electron chi connectivity index (χ0n) is 13.9. The number of benzene rings is 1. The first kappa shape index (κ1) is 16.0. The Balaban J connectivity index is 1.96. The van der Waals surface area contributed by atoms with Gasteiger partial charge in [0.05, 0.1) is 10.6 Å². The van der Waals surface area contributed by atoms with Crippen molar-refractivity contribution < 1.29 is 8.42 Å². The van der Waals surface area contributed by atoms with Crippen molar-refractivity contribution in [1.29, 1.82) is 0 Å². The number of hydrogen-bond acceptors (Lipinski definition) is 4. The molecule has 1 N–H and O–H groups in total. The number of fused-ring (bicyclic) bond motifs is 1. The van der Waals surface area contributed by atoms with Gasteiger partial charge in [-0.05, 0) is 38.0 Å². The van der Waals surface area contributed by atoms with Gasteiger partial charge in [-0.2, -0.15) is 5.10 Å². The minimum atomic E-state index is -3.41. The zero-order valence-corrected chi connectivity index (χ0v) is 14.7. The van der Waals surface area contributed by atoms with Crippen molar-refractivity contribution in [3.05, 3.63) is 40.7 Å². The van der Waals surface area contributed by atoms with Crippen molar-refractivity contribution in [2.75, 3.05) is 25.5 Å². The Morgan fingerprint density at radius 2 is 2.04 bits per heavy atom. The third kappa shape index (κ3) is 2.74. The Kier molecular flexibility index (Phi) is 3.93. The largest absolute Gasteiger partial charge is 0.366 e. The molecule has 0 bridgehead atoms. The van der Waals surface area contributed by atoms with Gasteiger partial charge in [0, 0.05) is 44.1 Å². The number of sulfonamides is 1. The molecule has 0 radical (unpaired) electrons. The van der Waals surface area contributed by atoms with Crippen LogP contribution in [0.25, 0.3) is 0 Å². The molecule has 1 aromatic heterocycles. The van der Waals surface area contributed by atoms with Crippen LogP contribution in [0.1, 0.15) is 22.5 Å². The Bertz CT molecular complexity index is 820. The molecular weight excluding hydrogens is 312 g/mol. The molecule has 0 unspecified atom stereocenters. The SMILES string of the molecule is Cc1n[nH]c(C)c1CN1CCc2ccc(S(=O)(=O)N(C)C)cc21. The van der Waals surface area contributed by atoms with E-state index in [1.807, 2.05) is 19.9 Å². The fourth-order valence-electron chi connectivity index (χ4n) is 2.96. The van der Waals surface area contributed by atoms with E-state index in [9.17, 15) is 8.42 Å². The molecule has 1 aliphatic heterocycles. The summed E-state index contributed by atoms with van der Waals surface area (Å²) in [6.07, 6.45) is 0.938. The molecule has 0 aliphatic carbocycles. The number of nitrogens with zero attached hydrogens (tertiary/aromatic N) is 3. The third-order valence-corrected chi connectivity index (χ3v) is 6.27. The van der Waals surface area contributed by atoms with Crippen LogP contribution in [0.3, 0.4) is 0 Å². The van der Waals surface area contributed by atoms with Crippen LogP contribution in [0.5, 0.6) is 0 Å². The highest BCUT2D eigenvalue weighted by Crippen LogP contribution is 2.32. The van der Waals surface area contributed by atoms with E-state index in [-0.39, 0.29) is 0 Å². The number of hydrogen-bond donors (Lipinski definition) is 1. The minimum absolute atomic E-state index is 0.341. The summed E-state index contributed by atoms with van der Waals surface area (Å²) in [5.41, 5.74) is 5.44. The maximum atomic E-state index is 12.4. The van der Waals surface area contributed by atoms with Crippen LogP contribution in [-0.2, 0) is 23.0 Å². The van der Waals surface area contributed by atoms with Gasteiger partial charge in [-0.25, -0.2) is 12.7 Å². The Morgan fingerprint density at radius 1 is 1.30 bits per heavy atom. The first-order valence-corrected chi connectivity index (χ1v) is 9.05. The van der Waals surface area contributed by atoms with Gasteiger partial charge < -0.3 is 4.90 Å². The van der Waals surface area contributed by atoms with E-state index < -0.39 is 10.0 Å². The number of aromatic amines is 1. The van der Waals surface area contributed by atoms with Gasteiger partial charge in [-0.1, -0.05) is 6.07 Å². The molecule has 0 fully saturated rings. The Morgan fingerprint density at radius 3 is 2.65 bits per heavy atom. The summed E-state index contributed by atoms with van der Waals surface area (Å²) in [5.74, 6) is 0. The second-order valence-corrected chi connectivity index (χ2v) is 8.31. The summed E-state index contributed by atoms with van der Waals surface area (Å²) in [7, 11) is -0.304. The number of rotatable bonds is 4. The number of aromatic nitrogens is 2. The van der Waals surface area contributed by atoms with Crippen molar-refractivity contribution in [3.63, 3.8) is 0 Å². The lowest BCUT2D eigenvalue weighted by molar-refractivity contribution is 0.521. The smallest absolute Gasteiger partial charge is 0.242 e. The number of aryl methyl sites for hydroxylation is 2.